The fourth-order valence-electron chi connectivity index (χ4n) is 4.21. The van der Waals surface area contributed by atoms with Crippen molar-refractivity contribution < 1.29 is 4.79 Å². The van der Waals surface area contributed by atoms with Crippen molar-refractivity contribution in [1.82, 2.24) is 15.1 Å². The van der Waals surface area contributed by atoms with Crippen molar-refractivity contribution in [3.63, 3.8) is 0 Å². The summed E-state index contributed by atoms with van der Waals surface area (Å²) in [4.78, 5) is 15.0. The van der Waals surface area contributed by atoms with E-state index in [9.17, 15) is 4.79 Å². The Balaban J connectivity index is 1.64. The lowest BCUT2D eigenvalue weighted by molar-refractivity contribution is -0.120. The highest BCUT2D eigenvalue weighted by molar-refractivity contribution is 7.98. The number of nitrogens with one attached hydrogen (secondary N) is 1. The van der Waals surface area contributed by atoms with Gasteiger partial charge in [0.15, 0.2) is 0 Å². The van der Waals surface area contributed by atoms with Gasteiger partial charge in [-0.1, -0.05) is 12.1 Å². The zero-order valence-corrected chi connectivity index (χ0v) is 14.5. The van der Waals surface area contributed by atoms with Crippen molar-refractivity contribution in [1.29, 1.82) is 0 Å². The molecule has 3 N–H and O–H groups in total. The number of likely N-dealkylation sites (tertiary alicyclic amines) is 1. The molecule has 1 aromatic carbocycles. The largest absolute Gasteiger partial charge is 0.369 e. The molecule has 1 saturated heterocycles. The third-order valence-corrected chi connectivity index (χ3v) is 6.46. The number of para-hydroxylation sites is 1. The number of nitrogens with two attached hydrogens (primary N) is 1. The minimum absolute atomic E-state index is 0.101. The summed E-state index contributed by atoms with van der Waals surface area (Å²) in [5.74, 6) is 0.864. The van der Waals surface area contributed by atoms with E-state index in [1.54, 1.807) is 11.8 Å². The molecule has 2 atom stereocenters. The Kier molecular flexibility index (Phi) is 3.25. The van der Waals surface area contributed by atoms with Crippen LogP contribution in [0.1, 0.15) is 19.5 Å². The highest BCUT2D eigenvalue weighted by Crippen LogP contribution is 2.54. The van der Waals surface area contributed by atoms with Gasteiger partial charge < -0.3 is 5.73 Å². The molecule has 1 aliphatic carbocycles. The molecule has 4 rings (SSSR count). The first-order valence-electron chi connectivity index (χ1n) is 8.01. The summed E-state index contributed by atoms with van der Waals surface area (Å²) in [6.45, 7) is 6.34. The van der Waals surface area contributed by atoms with Crippen LogP contribution in [0.2, 0.25) is 0 Å². The number of primary amides is 1. The molecule has 1 amide bonds. The third-order valence-electron chi connectivity index (χ3n) is 5.69. The van der Waals surface area contributed by atoms with Crippen LogP contribution >= 0.6 is 11.8 Å². The topological polar surface area (TPSA) is 75.0 Å². The minimum Gasteiger partial charge on any atom is -0.369 e. The molecule has 2 aliphatic rings. The van der Waals surface area contributed by atoms with Crippen LogP contribution in [0.25, 0.3) is 10.9 Å². The number of hydrogen-bond acceptors (Lipinski definition) is 4. The molecule has 2 unspecified atom stereocenters. The van der Waals surface area contributed by atoms with E-state index in [2.05, 4.69) is 53.4 Å². The standard InChI is InChI=1S/C17H22N4OS/c1-17(2,21-7-10-11(8-21)13(10)16(18)22)15-9-5-4-6-12(23-3)14(9)19-20-15/h4-6,10-11,13H,7-8H2,1-3H3,(H2,18,22)(H,19,20). The Labute approximate surface area is 140 Å². The number of hydrogen-bond donors (Lipinski definition) is 2. The normalized spacial score (nSPS) is 27.3. The monoisotopic (exact) mass is 330 g/mol. The number of amides is 1. The lowest BCUT2D eigenvalue weighted by Gasteiger charge is -2.36. The minimum atomic E-state index is -0.138. The summed E-state index contributed by atoms with van der Waals surface area (Å²) in [5, 5.41) is 9.02. The molecule has 1 saturated carbocycles. The van der Waals surface area contributed by atoms with Gasteiger partial charge in [0.2, 0.25) is 5.91 Å². The SMILES string of the molecule is CSc1cccc2c(C(C)(C)N3CC4C(C3)C4C(N)=O)[nH]nc12. The molecule has 1 aliphatic heterocycles. The lowest BCUT2D eigenvalue weighted by Crippen LogP contribution is -2.43. The van der Waals surface area contributed by atoms with Crippen LogP contribution in [0.5, 0.6) is 0 Å². The second-order valence-electron chi connectivity index (χ2n) is 7.17. The Hall–Kier alpha value is -1.53. The molecule has 2 fully saturated rings. The molecule has 23 heavy (non-hydrogen) atoms. The zero-order valence-electron chi connectivity index (χ0n) is 13.7. The van der Waals surface area contributed by atoms with Gasteiger partial charge in [0, 0.05) is 29.3 Å². The van der Waals surface area contributed by atoms with Crippen LogP contribution in [-0.2, 0) is 10.3 Å². The molecule has 0 bridgehead atoms. The van der Waals surface area contributed by atoms with Gasteiger partial charge in [0.25, 0.3) is 0 Å². The summed E-state index contributed by atoms with van der Waals surface area (Å²) in [6.07, 6.45) is 2.08. The molecule has 122 valence electrons. The van der Waals surface area contributed by atoms with Crippen LogP contribution in [0.3, 0.4) is 0 Å². The highest BCUT2D eigenvalue weighted by atomic mass is 32.2. The fourth-order valence-corrected chi connectivity index (χ4v) is 4.77. The van der Waals surface area contributed by atoms with Gasteiger partial charge in [-0.15, -0.1) is 11.8 Å². The average Bonchev–Trinajstić information content (AvgIpc) is 2.90. The number of fused-ring (bicyclic) bond motifs is 2. The maximum atomic E-state index is 11.4. The van der Waals surface area contributed by atoms with Crippen molar-refractivity contribution in [2.24, 2.45) is 23.5 Å². The zero-order chi connectivity index (χ0) is 16.4. The molecule has 1 aromatic heterocycles. The molecular formula is C17H22N4OS. The summed E-state index contributed by atoms with van der Waals surface area (Å²) >= 11 is 1.72. The van der Waals surface area contributed by atoms with Gasteiger partial charge in [-0.05, 0) is 38.0 Å². The molecule has 0 spiro atoms. The Bertz CT molecular complexity index is 772. The van der Waals surface area contributed by atoms with Gasteiger partial charge >= 0.3 is 0 Å². The van der Waals surface area contributed by atoms with Crippen LogP contribution in [0.4, 0.5) is 0 Å². The molecule has 2 heterocycles. The predicted molar refractivity (Wildman–Crippen MR) is 92.1 cm³/mol. The van der Waals surface area contributed by atoms with Crippen molar-refractivity contribution >= 4 is 28.6 Å². The first kappa shape index (κ1) is 15.0. The Morgan fingerprint density at radius 3 is 2.70 bits per heavy atom. The third kappa shape index (κ3) is 2.11. The predicted octanol–water partition coefficient (Wildman–Crippen LogP) is 2.18. The van der Waals surface area contributed by atoms with Crippen molar-refractivity contribution in [3.05, 3.63) is 23.9 Å². The number of nitrogens with zero attached hydrogens (tertiary/aromatic N) is 2. The van der Waals surface area contributed by atoms with Gasteiger partial charge in [0.05, 0.1) is 11.2 Å². The number of H-pyrrole nitrogens is 1. The number of carbonyl (C=O) groups is 1. The highest BCUT2D eigenvalue weighted by Gasteiger charge is 2.60. The Morgan fingerprint density at radius 1 is 1.39 bits per heavy atom. The van der Waals surface area contributed by atoms with Crippen molar-refractivity contribution in [3.8, 4) is 0 Å². The van der Waals surface area contributed by atoms with Crippen LogP contribution in [0.15, 0.2) is 23.1 Å². The van der Waals surface area contributed by atoms with Crippen LogP contribution < -0.4 is 5.73 Å². The second kappa shape index (κ2) is 4.98. The maximum Gasteiger partial charge on any atom is 0.221 e. The quantitative estimate of drug-likeness (QED) is 0.843. The number of thioether (sulfide) groups is 1. The number of aromatic nitrogens is 2. The van der Waals surface area contributed by atoms with Gasteiger partial charge in [0.1, 0.15) is 5.52 Å². The van der Waals surface area contributed by atoms with E-state index < -0.39 is 0 Å². The second-order valence-corrected chi connectivity index (χ2v) is 8.02. The first-order valence-corrected chi connectivity index (χ1v) is 9.23. The van der Waals surface area contributed by atoms with E-state index in [4.69, 9.17) is 5.73 Å². The van der Waals surface area contributed by atoms with Gasteiger partial charge in [-0.25, -0.2) is 0 Å². The fraction of sp³-hybridized carbons (Fsp3) is 0.529. The number of piperidine rings is 1. The number of carbonyl (C=O) groups excluding carboxylic acids is 1. The summed E-state index contributed by atoms with van der Waals surface area (Å²) < 4.78 is 0. The molecule has 2 aromatic rings. The van der Waals surface area contributed by atoms with Gasteiger partial charge in [-0.2, -0.15) is 5.10 Å². The number of benzene rings is 1. The van der Waals surface area contributed by atoms with E-state index >= 15 is 0 Å². The van der Waals surface area contributed by atoms with Crippen molar-refractivity contribution in [2.75, 3.05) is 19.3 Å². The van der Waals surface area contributed by atoms with E-state index in [1.165, 1.54) is 10.3 Å². The smallest absolute Gasteiger partial charge is 0.221 e. The van der Waals surface area contributed by atoms with E-state index in [-0.39, 0.29) is 17.4 Å². The average molecular weight is 330 g/mol. The summed E-state index contributed by atoms with van der Waals surface area (Å²) in [6, 6.07) is 6.33. The van der Waals surface area contributed by atoms with E-state index in [1.807, 2.05) is 0 Å². The lowest BCUT2D eigenvalue weighted by atomic mass is 9.94. The van der Waals surface area contributed by atoms with E-state index in [0.29, 0.717) is 11.8 Å². The molecular weight excluding hydrogens is 308 g/mol. The van der Waals surface area contributed by atoms with Crippen LogP contribution in [-0.4, -0.2) is 40.3 Å². The number of rotatable bonds is 4. The first-order chi connectivity index (χ1) is 10.9. The maximum absolute atomic E-state index is 11.4. The number of aromatic amines is 1. The summed E-state index contributed by atoms with van der Waals surface area (Å²) in [5.41, 5.74) is 7.53. The molecule has 0 radical (unpaired) electrons. The van der Waals surface area contributed by atoms with Gasteiger partial charge in [-0.3, -0.25) is 14.8 Å². The van der Waals surface area contributed by atoms with E-state index in [0.717, 1.165) is 24.3 Å². The van der Waals surface area contributed by atoms with Crippen LogP contribution in [0, 0.1) is 17.8 Å². The molecule has 5 nitrogen and oxygen atoms in total. The Morgan fingerprint density at radius 2 is 2.09 bits per heavy atom. The molecule has 6 heteroatoms. The van der Waals surface area contributed by atoms with Crippen molar-refractivity contribution in [2.45, 2.75) is 24.3 Å². The summed E-state index contributed by atoms with van der Waals surface area (Å²) in [7, 11) is 0.